The average Bonchev–Trinajstić information content (AvgIpc) is 2.26. The number of nitrogens with zero attached hydrogens (tertiary/aromatic N) is 2. The summed E-state index contributed by atoms with van der Waals surface area (Å²) in [6.45, 7) is 4.77. The Morgan fingerprint density at radius 2 is 2.06 bits per heavy atom. The van der Waals surface area contributed by atoms with Crippen molar-refractivity contribution < 1.29 is 4.92 Å². The van der Waals surface area contributed by atoms with E-state index in [-0.39, 0.29) is 16.1 Å². The molecule has 0 saturated carbocycles. The molecule has 0 amide bonds. The van der Waals surface area contributed by atoms with Gasteiger partial charge in [0.15, 0.2) is 0 Å². The van der Waals surface area contributed by atoms with Gasteiger partial charge in [-0.3, -0.25) is 10.1 Å². The van der Waals surface area contributed by atoms with Gasteiger partial charge in [-0.2, -0.15) is 0 Å². The van der Waals surface area contributed by atoms with E-state index in [1.165, 1.54) is 6.07 Å². The monoisotopic (exact) mass is 315 g/mol. The first-order valence-electron chi connectivity index (χ1n) is 5.59. The second kappa shape index (κ2) is 5.67. The van der Waals surface area contributed by atoms with Crippen LogP contribution in [0.4, 0.5) is 11.4 Å². The van der Waals surface area contributed by atoms with Gasteiger partial charge in [0.25, 0.3) is 5.69 Å². The summed E-state index contributed by atoms with van der Waals surface area (Å²) >= 11 is 3.32. The Hall–Kier alpha value is -1.14. The summed E-state index contributed by atoms with van der Waals surface area (Å²) in [5, 5.41) is 14.1. The van der Waals surface area contributed by atoms with Crippen molar-refractivity contribution in [2.75, 3.05) is 26.0 Å². The Kier molecular flexibility index (Phi) is 4.70. The minimum absolute atomic E-state index is 0.0871. The minimum Gasteiger partial charge on any atom is -0.378 e. The van der Waals surface area contributed by atoms with Gasteiger partial charge < -0.3 is 10.2 Å². The number of likely N-dealkylation sites (N-methyl/N-ethyl adjacent to an activating group) is 1. The molecule has 1 N–H and O–H groups in total. The molecule has 100 valence electrons. The first kappa shape index (κ1) is 14.9. The minimum atomic E-state index is -0.378. The van der Waals surface area contributed by atoms with Gasteiger partial charge in [0.05, 0.1) is 4.92 Å². The van der Waals surface area contributed by atoms with E-state index >= 15 is 0 Å². The van der Waals surface area contributed by atoms with Gasteiger partial charge in [-0.25, -0.2) is 0 Å². The number of benzene rings is 1. The van der Waals surface area contributed by atoms with Crippen molar-refractivity contribution in [2.45, 2.75) is 19.4 Å². The molecule has 0 aromatic heterocycles. The summed E-state index contributed by atoms with van der Waals surface area (Å²) in [5.41, 5.74) is 0.535. The van der Waals surface area contributed by atoms with Gasteiger partial charge in [-0.15, -0.1) is 0 Å². The first-order chi connectivity index (χ1) is 8.24. The molecule has 1 aromatic carbocycles. The van der Waals surface area contributed by atoms with Crippen LogP contribution in [-0.2, 0) is 0 Å². The summed E-state index contributed by atoms with van der Waals surface area (Å²) in [6, 6.07) is 4.89. The molecule has 0 radical (unpaired) electrons. The van der Waals surface area contributed by atoms with Gasteiger partial charge in [0, 0.05) is 22.6 Å². The first-order valence-corrected chi connectivity index (χ1v) is 6.38. The molecule has 0 spiro atoms. The molecule has 0 aliphatic carbocycles. The van der Waals surface area contributed by atoms with Crippen LogP contribution < -0.4 is 5.32 Å². The van der Waals surface area contributed by atoms with Crippen molar-refractivity contribution in [1.82, 2.24) is 4.90 Å². The lowest BCUT2D eigenvalue weighted by Crippen LogP contribution is -2.44. The largest absolute Gasteiger partial charge is 0.378 e. The van der Waals surface area contributed by atoms with Crippen LogP contribution in [0.2, 0.25) is 0 Å². The van der Waals surface area contributed by atoms with Crippen molar-refractivity contribution in [1.29, 1.82) is 0 Å². The SMILES string of the molecule is CN(C)C(C)(C)CNc1cc(Br)ccc1[N+](=O)[O-]. The van der Waals surface area contributed by atoms with Crippen LogP contribution >= 0.6 is 15.9 Å². The van der Waals surface area contributed by atoms with E-state index in [2.05, 4.69) is 40.0 Å². The lowest BCUT2D eigenvalue weighted by molar-refractivity contribution is -0.384. The van der Waals surface area contributed by atoms with Crippen molar-refractivity contribution in [2.24, 2.45) is 0 Å². The molecule has 6 heteroatoms. The molecule has 18 heavy (non-hydrogen) atoms. The number of nitro groups is 1. The van der Waals surface area contributed by atoms with Crippen molar-refractivity contribution in [3.63, 3.8) is 0 Å². The molecular weight excluding hydrogens is 298 g/mol. The smallest absolute Gasteiger partial charge is 0.292 e. The molecule has 0 heterocycles. The van der Waals surface area contributed by atoms with E-state index in [4.69, 9.17) is 0 Å². The molecule has 0 aliphatic heterocycles. The molecule has 5 nitrogen and oxygen atoms in total. The second-order valence-electron chi connectivity index (χ2n) is 4.98. The van der Waals surface area contributed by atoms with Gasteiger partial charge in [0.1, 0.15) is 5.69 Å². The highest BCUT2D eigenvalue weighted by Gasteiger charge is 2.22. The zero-order valence-electron chi connectivity index (χ0n) is 11.0. The van der Waals surface area contributed by atoms with E-state index in [1.807, 2.05) is 14.1 Å². The highest BCUT2D eigenvalue weighted by Crippen LogP contribution is 2.28. The number of halogens is 1. The summed E-state index contributed by atoms with van der Waals surface area (Å²) < 4.78 is 0.818. The third-order valence-corrected chi connectivity index (χ3v) is 3.57. The fourth-order valence-corrected chi connectivity index (χ4v) is 1.64. The summed E-state index contributed by atoms with van der Waals surface area (Å²) in [6.07, 6.45) is 0. The topological polar surface area (TPSA) is 58.4 Å². The summed E-state index contributed by atoms with van der Waals surface area (Å²) in [7, 11) is 3.97. The Morgan fingerprint density at radius 3 is 2.56 bits per heavy atom. The highest BCUT2D eigenvalue weighted by molar-refractivity contribution is 9.10. The lowest BCUT2D eigenvalue weighted by atomic mass is 10.0. The Morgan fingerprint density at radius 1 is 1.44 bits per heavy atom. The quantitative estimate of drug-likeness (QED) is 0.670. The molecule has 0 unspecified atom stereocenters. The van der Waals surface area contributed by atoms with Crippen LogP contribution in [0, 0.1) is 10.1 Å². The van der Waals surface area contributed by atoms with Gasteiger partial charge >= 0.3 is 0 Å². The van der Waals surface area contributed by atoms with E-state index in [9.17, 15) is 10.1 Å². The van der Waals surface area contributed by atoms with E-state index in [0.717, 1.165) is 4.47 Å². The van der Waals surface area contributed by atoms with Gasteiger partial charge in [-0.1, -0.05) is 15.9 Å². The fraction of sp³-hybridized carbons (Fsp3) is 0.500. The number of hydrogen-bond donors (Lipinski definition) is 1. The number of anilines is 1. The van der Waals surface area contributed by atoms with Crippen LogP contribution in [0.25, 0.3) is 0 Å². The molecule has 1 rings (SSSR count). The van der Waals surface area contributed by atoms with Crippen molar-refractivity contribution in [3.8, 4) is 0 Å². The van der Waals surface area contributed by atoms with Crippen LogP contribution in [0.5, 0.6) is 0 Å². The van der Waals surface area contributed by atoms with Gasteiger partial charge in [-0.05, 0) is 40.1 Å². The number of hydrogen-bond acceptors (Lipinski definition) is 4. The standard InChI is InChI=1S/C12H18BrN3O2/c1-12(2,15(3)4)8-14-10-7-9(13)5-6-11(10)16(17)18/h5-7,14H,8H2,1-4H3. The van der Waals surface area contributed by atoms with E-state index in [1.54, 1.807) is 12.1 Å². The molecular formula is C12H18BrN3O2. The third-order valence-electron chi connectivity index (χ3n) is 3.08. The predicted molar refractivity (Wildman–Crippen MR) is 77.1 cm³/mol. The fourth-order valence-electron chi connectivity index (χ4n) is 1.28. The molecule has 0 saturated heterocycles. The Labute approximate surface area is 115 Å². The molecule has 1 aromatic rings. The van der Waals surface area contributed by atoms with Crippen LogP contribution in [0.3, 0.4) is 0 Å². The third kappa shape index (κ3) is 3.68. The maximum atomic E-state index is 10.9. The van der Waals surface area contributed by atoms with Crippen LogP contribution in [-0.4, -0.2) is 36.0 Å². The van der Waals surface area contributed by atoms with Crippen molar-refractivity contribution in [3.05, 3.63) is 32.8 Å². The summed E-state index contributed by atoms with van der Waals surface area (Å²) in [5.74, 6) is 0. The van der Waals surface area contributed by atoms with Crippen molar-refractivity contribution >= 4 is 27.3 Å². The maximum Gasteiger partial charge on any atom is 0.292 e. The van der Waals surface area contributed by atoms with Crippen LogP contribution in [0.1, 0.15) is 13.8 Å². The van der Waals surface area contributed by atoms with E-state index in [0.29, 0.717) is 12.2 Å². The summed E-state index contributed by atoms with van der Waals surface area (Å²) in [4.78, 5) is 12.6. The molecule has 0 aliphatic rings. The lowest BCUT2D eigenvalue weighted by Gasteiger charge is -2.32. The van der Waals surface area contributed by atoms with E-state index < -0.39 is 0 Å². The molecule has 0 bridgehead atoms. The number of nitrogens with one attached hydrogen (secondary N) is 1. The van der Waals surface area contributed by atoms with Crippen LogP contribution in [0.15, 0.2) is 22.7 Å². The Bertz CT molecular complexity index is 447. The number of nitro benzene ring substituents is 1. The highest BCUT2D eigenvalue weighted by atomic mass is 79.9. The molecule has 0 fully saturated rings. The Balaban J connectivity index is 2.90. The second-order valence-corrected chi connectivity index (χ2v) is 5.89. The molecule has 0 atom stereocenters. The maximum absolute atomic E-state index is 10.9. The number of rotatable bonds is 5. The normalized spacial score (nSPS) is 11.7. The predicted octanol–water partition coefficient (Wildman–Crippen LogP) is 3.11. The average molecular weight is 316 g/mol. The zero-order chi connectivity index (χ0) is 13.9. The zero-order valence-corrected chi connectivity index (χ0v) is 12.6. The van der Waals surface area contributed by atoms with Gasteiger partial charge in [0.2, 0.25) is 0 Å².